The van der Waals surface area contributed by atoms with E-state index in [9.17, 15) is 0 Å². The first-order chi connectivity index (χ1) is 12.4. The average molecular weight is 352 g/mol. The van der Waals surface area contributed by atoms with Crippen molar-refractivity contribution in [3.63, 3.8) is 0 Å². The van der Waals surface area contributed by atoms with Crippen LogP contribution in [0.25, 0.3) is 0 Å². The fourth-order valence-electron chi connectivity index (χ4n) is 11.5. The number of hydrogen-bond acceptors (Lipinski definition) is 4. The van der Waals surface area contributed by atoms with Gasteiger partial charge in [0, 0.05) is 24.0 Å². The van der Waals surface area contributed by atoms with Gasteiger partial charge in [0.1, 0.15) is 0 Å². The van der Waals surface area contributed by atoms with Crippen molar-refractivity contribution in [1.29, 1.82) is 0 Å². The molecule has 9 fully saturated rings. The number of hydrogen-bond donors (Lipinski definition) is 0. The maximum absolute atomic E-state index is 6.70. The molecule has 11 unspecified atom stereocenters. The van der Waals surface area contributed by atoms with E-state index in [0.717, 1.165) is 23.7 Å². The van der Waals surface area contributed by atoms with Gasteiger partial charge in [-0.25, -0.2) is 0 Å². The Labute approximate surface area is 155 Å². The van der Waals surface area contributed by atoms with Crippen molar-refractivity contribution >= 4 is 14.0 Å². The molecule has 0 N–H and O–H groups in total. The molecule has 9 rings (SSSR count). The Morgan fingerprint density at radius 2 is 1.38 bits per heavy atom. The lowest BCUT2D eigenvalue weighted by Crippen LogP contribution is -2.81. The van der Waals surface area contributed by atoms with Crippen LogP contribution in [0.15, 0.2) is 0 Å². The van der Waals surface area contributed by atoms with Gasteiger partial charge in [-0.2, -0.15) is 0 Å². The monoisotopic (exact) mass is 352 g/mol. The van der Waals surface area contributed by atoms with Gasteiger partial charge in [-0.15, -0.1) is 0 Å². The summed E-state index contributed by atoms with van der Waals surface area (Å²) in [7, 11) is -0.648. The van der Waals surface area contributed by atoms with E-state index < -0.39 is 0 Å². The van der Waals surface area contributed by atoms with Crippen LogP contribution >= 0.6 is 0 Å². The third kappa shape index (κ3) is 0.974. The van der Waals surface area contributed by atoms with Gasteiger partial charge in [-0.05, 0) is 80.0 Å². The summed E-state index contributed by atoms with van der Waals surface area (Å²) in [6.45, 7) is 7.20. The highest BCUT2D eigenvalue weighted by Crippen LogP contribution is 2.94. The smallest absolute Gasteiger partial charge is 0.410 e. The molecule has 0 radical (unpaired) electrons. The van der Waals surface area contributed by atoms with E-state index >= 15 is 0 Å². The zero-order valence-corrected chi connectivity index (χ0v) is 15.8. The van der Waals surface area contributed by atoms with E-state index in [-0.39, 0.29) is 25.2 Å². The van der Waals surface area contributed by atoms with Gasteiger partial charge in [0.25, 0.3) is 0 Å². The second-order valence-corrected chi connectivity index (χ2v) is 12.0. The minimum atomic E-state index is -0.327. The van der Waals surface area contributed by atoms with Crippen LogP contribution in [0.1, 0.15) is 46.5 Å². The van der Waals surface area contributed by atoms with E-state index in [1.807, 2.05) is 0 Å². The SMILES string of the molecule is CC12C3CC4OB(B5OC6CC7C8CC9C78C6[C@@]9(C)O5)O[C@@](C)(C1C3)C42. The van der Waals surface area contributed by atoms with E-state index in [1.165, 1.54) is 25.7 Å². The van der Waals surface area contributed by atoms with Gasteiger partial charge in [0.15, 0.2) is 0 Å². The summed E-state index contributed by atoms with van der Waals surface area (Å²) in [5, 5.41) is 0. The van der Waals surface area contributed by atoms with Gasteiger partial charge in [0.05, 0.1) is 11.2 Å². The molecular formula is C20H26B2O4. The predicted octanol–water partition coefficient (Wildman–Crippen LogP) is 2.35. The first kappa shape index (κ1) is 14.0. The van der Waals surface area contributed by atoms with E-state index in [1.54, 1.807) is 0 Å². The molecule has 1 spiro atoms. The number of fused-ring (bicyclic) bond motifs is 3. The van der Waals surface area contributed by atoms with E-state index in [4.69, 9.17) is 18.6 Å². The van der Waals surface area contributed by atoms with Crippen LogP contribution in [0.4, 0.5) is 0 Å². The number of rotatable bonds is 1. The third-order valence-electron chi connectivity index (χ3n) is 12.1. The molecule has 6 heteroatoms. The minimum absolute atomic E-state index is 0.0139. The van der Waals surface area contributed by atoms with Crippen LogP contribution in [0.2, 0.25) is 0 Å². The molecular weight excluding hydrogens is 326 g/mol. The highest BCUT2D eigenvalue weighted by Gasteiger charge is 2.96. The van der Waals surface area contributed by atoms with Gasteiger partial charge >= 0.3 is 14.0 Å². The molecule has 0 aromatic heterocycles. The first-order valence-electron chi connectivity index (χ1n) is 11.1. The van der Waals surface area contributed by atoms with Gasteiger partial charge in [-0.1, -0.05) is 6.92 Å². The lowest BCUT2D eigenvalue weighted by Gasteiger charge is -2.75. The van der Waals surface area contributed by atoms with Crippen LogP contribution in [-0.2, 0) is 18.6 Å². The lowest BCUT2D eigenvalue weighted by molar-refractivity contribution is -0.313. The van der Waals surface area contributed by atoms with Crippen molar-refractivity contribution in [1.82, 2.24) is 0 Å². The Morgan fingerprint density at radius 3 is 2.15 bits per heavy atom. The van der Waals surface area contributed by atoms with Crippen LogP contribution in [0.5, 0.6) is 0 Å². The first-order valence-corrected chi connectivity index (χ1v) is 11.1. The molecule has 2 saturated heterocycles. The van der Waals surface area contributed by atoms with Gasteiger partial charge in [0.2, 0.25) is 0 Å². The second-order valence-electron chi connectivity index (χ2n) is 12.0. The topological polar surface area (TPSA) is 36.9 Å². The molecule has 4 nitrogen and oxygen atoms in total. The molecule has 136 valence electrons. The van der Waals surface area contributed by atoms with Crippen LogP contribution in [0, 0.1) is 52.3 Å². The molecule has 7 saturated carbocycles. The normalized spacial score (nSPS) is 77.4. The fourth-order valence-corrected chi connectivity index (χ4v) is 11.5. The molecule has 9 aliphatic rings. The summed E-state index contributed by atoms with van der Waals surface area (Å²) in [6, 6.07) is 0. The standard InChI is InChI=1S/C20H26B2O4/c1-17-8-4-11-15(17)18(2,13(17)5-8)25-21(23-11)22-24-12-6-9-10-7-14-19(3,26-22)16(12)20(9,10)14/h8-16H,4-7H2,1-3H3/t8?,9?,10?,11?,12?,13?,14?,15?,16?,17?,18-,19-,20?/m0/s1. The van der Waals surface area contributed by atoms with E-state index in [0.29, 0.717) is 40.8 Å². The average Bonchev–Trinajstić information content (AvgIpc) is 2.86. The molecule has 0 amide bonds. The molecule has 26 heavy (non-hydrogen) atoms. The highest BCUT2D eigenvalue weighted by atomic mass is 16.7. The van der Waals surface area contributed by atoms with Crippen molar-refractivity contribution in [2.75, 3.05) is 0 Å². The summed E-state index contributed by atoms with van der Waals surface area (Å²) >= 11 is 0. The molecule has 0 bridgehead atoms. The lowest BCUT2D eigenvalue weighted by atomic mass is 9.33. The van der Waals surface area contributed by atoms with E-state index in [2.05, 4.69) is 20.8 Å². The maximum Gasteiger partial charge on any atom is 0.488 e. The van der Waals surface area contributed by atoms with Crippen molar-refractivity contribution < 1.29 is 18.6 Å². The Bertz CT molecular complexity index is 781. The summed E-state index contributed by atoms with van der Waals surface area (Å²) in [5.41, 5.74) is 1.15. The Morgan fingerprint density at radius 1 is 0.731 bits per heavy atom. The minimum Gasteiger partial charge on any atom is -0.410 e. The molecule has 0 aromatic carbocycles. The Balaban J connectivity index is 1.06. The Hall–Kier alpha value is -0.0301. The van der Waals surface area contributed by atoms with Crippen molar-refractivity contribution in [3.8, 4) is 0 Å². The van der Waals surface area contributed by atoms with Crippen molar-refractivity contribution in [3.05, 3.63) is 0 Å². The van der Waals surface area contributed by atoms with Gasteiger partial charge < -0.3 is 18.6 Å². The molecule has 2 heterocycles. The van der Waals surface area contributed by atoms with Crippen molar-refractivity contribution in [2.24, 2.45) is 52.3 Å². The van der Waals surface area contributed by atoms with Crippen LogP contribution < -0.4 is 0 Å². The van der Waals surface area contributed by atoms with Crippen LogP contribution in [0.3, 0.4) is 0 Å². The summed E-state index contributed by atoms with van der Waals surface area (Å²) in [5.74, 6) is 5.55. The van der Waals surface area contributed by atoms with Crippen LogP contribution in [-0.4, -0.2) is 37.4 Å². The predicted molar refractivity (Wildman–Crippen MR) is 93.7 cm³/mol. The maximum atomic E-state index is 6.70. The largest absolute Gasteiger partial charge is 0.488 e. The zero-order valence-electron chi connectivity index (χ0n) is 15.8. The van der Waals surface area contributed by atoms with Gasteiger partial charge in [-0.3, -0.25) is 0 Å². The summed E-state index contributed by atoms with van der Waals surface area (Å²) in [4.78, 5) is 0. The molecule has 7 aliphatic carbocycles. The molecule has 0 aromatic rings. The fraction of sp³-hybridized carbons (Fsp3) is 1.00. The highest BCUT2D eigenvalue weighted by molar-refractivity contribution is 7.10. The van der Waals surface area contributed by atoms with Crippen molar-refractivity contribution in [2.45, 2.75) is 69.9 Å². The zero-order chi connectivity index (χ0) is 17.0. The molecule has 2 aliphatic heterocycles. The summed E-state index contributed by atoms with van der Waals surface area (Å²) < 4.78 is 26.5. The third-order valence-corrected chi connectivity index (χ3v) is 12.1. The summed E-state index contributed by atoms with van der Waals surface area (Å²) in [6.07, 6.45) is 5.95. The Kier molecular flexibility index (Phi) is 1.83. The second kappa shape index (κ2) is 3.40. The molecule has 13 atom stereocenters. The quantitative estimate of drug-likeness (QED) is 0.679.